The number of piperidine rings is 1. The highest BCUT2D eigenvalue weighted by Gasteiger charge is 2.88. The molecule has 2 aliphatic heterocycles. The summed E-state index contributed by atoms with van der Waals surface area (Å²) in [5.74, 6) is -5.22. The SMILES string of the molecule is CC1(C)C2C(=O)N(Cc3cc4nccc(-c5cccn5CC5CNCCO5)c4s3)C(=O)C21OC(=O)C(F)(F)F. The van der Waals surface area contributed by atoms with Gasteiger partial charge in [-0.15, -0.1) is 11.3 Å². The summed E-state index contributed by atoms with van der Waals surface area (Å²) in [7, 11) is 0. The number of pyridine rings is 1. The minimum atomic E-state index is -5.28. The van der Waals surface area contributed by atoms with Crippen molar-refractivity contribution < 1.29 is 37.0 Å². The summed E-state index contributed by atoms with van der Waals surface area (Å²) < 4.78 is 52.3. The summed E-state index contributed by atoms with van der Waals surface area (Å²) in [5, 5.41) is 3.32. The molecule has 1 N–H and O–H groups in total. The number of imide groups is 1. The monoisotopic (exact) mass is 562 g/mol. The number of aromatic nitrogens is 2. The van der Waals surface area contributed by atoms with E-state index in [0.717, 1.165) is 33.9 Å². The number of halogens is 3. The number of esters is 1. The minimum absolute atomic E-state index is 0.0303. The summed E-state index contributed by atoms with van der Waals surface area (Å²) in [6, 6.07) is 7.59. The number of alkyl halides is 3. The fraction of sp³-hybridized carbons (Fsp3) is 0.462. The number of carbonyl (C=O) groups is 3. The standard InChI is InChI=1S/C26H25F3N4O5S/c1-24(2)20-21(34)33(22(35)25(20,24)38-23(36)26(27,28)29)13-15-10-17-19(39-15)16(5-6-31-17)18-4-3-8-32(18)12-14-11-30-7-9-37-14/h3-6,8,10,14,20,30H,7,9,11-13H2,1-2H3. The molecule has 9 nitrogen and oxygen atoms in total. The van der Waals surface area contributed by atoms with Crippen molar-refractivity contribution in [3.05, 3.63) is 41.5 Å². The van der Waals surface area contributed by atoms with Gasteiger partial charge in [-0.3, -0.25) is 19.5 Å². The van der Waals surface area contributed by atoms with Crippen LogP contribution in [0.4, 0.5) is 13.2 Å². The molecule has 0 bridgehead atoms. The summed E-state index contributed by atoms with van der Waals surface area (Å²) in [6.45, 7) is 5.63. The third-order valence-electron chi connectivity index (χ3n) is 7.85. The Morgan fingerprint density at radius 2 is 2.10 bits per heavy atom. The number of rotatable bonds is 6. The third-order valence-corrected chi connectivity index (χ3v) is 8.99. The minimum Gasteiger partial charge on any atom is -0.441 e. The van der Waals surface area contributed by atoms with Crippen molar-refractivity contribution >= 4 is 39.3 Å². The summed E-state index contributed by atoms with van der Waals surface area (Å²) in [5.41, 5.74) is -0.828. The van der Waals surface area contributed by atoms with Crippen LogP contribution in [-0.4, -0.2) is 69.8 Å². The van der Waals surface area contributed by atoms with Crippen LogP contribution >= 0.6 is 11.3 Å². The Bertz CT molecular complexity index is 1490. The average Bonchev–Trinajstić information content (AvgIpc) is 3.33. The van der Waals surface area contributed by atoms with Crippen LogP contribution in [0.3, 0.4) is 0 Å². The number of likely N-dealkylation sites (tertiary alicyclic amines) is 1. The molecular formula is C26H25F3N4O5S. The van der Waals surface area contributed by atoms with Gasteiger partial charge >= 0.3 is 12.1 Å². The van der Waals surface area contributed by atoms with Crippen LogP contribution in [0.1, 0.15) is 18.7 Å². The van der Waals surface area contributed by atoms with E-state index in [1.165, 1.54) is 25.2 Å². The molecule has 1 saturated carbocycles. The Hall–Kier alpha value is -3.29. The zero-order valence-electron chi connectivity index (χ0n) is 21.1. The molecule has 39 heavy (non-hydrogen) atoms. The number of carbonyl (C=O) groups excluding carboxylic acids is 3. The van der Waals surface area contributed by atoms with E-state index in [1.807, 2.05) is 24.4 Å². The normalized spacial score (nSPS) is 26.2. The van der Waals surface area contributed by atoms with Crippen molar-refractivity contribution in [1.82, 2.24) is 19.8 Å². The summed E-state index contributed by atoms with van der Waals surface area (Å²) >= 11 is 1.35. The fourth-order valence-electron chi connectivity index (χ4n) is 5.85. The van der Waals surface area contributed by atoms with Gasteiger partial charge in [0.15, 0.2) is 0 Å². The number of thiophene rings is 1. The molecule has 2 saturated heterocycles. The first-order valence-corrected chi connectivity index (χ1v) is 13.3. The largest absolute Gasteiger partial charge is 0.490 e. The average molecular weight is 563 g/mol. The molecule has 3 unspecified atom stereocenters. The maximum atomic E-state index is 13.3. The van der Waals surface area contributed by atoms with Gasteiger partial charge in [-0.05, 0) is 24.3 Å². The van der Waals surface area contributed by atoms with Crippen LogP contribution in [0.5, 0.6) is 0 Å². The van der Waals surface area contributed by atoms with E-state index in [2.05, 4.69) is 14.9 Å². The van der Waals surface area contributed by atoms with Crippen LogP contribution in [-0.2, 0) is 36.9 Å². The first-order chi connectivity index (χ1) is 18.4. The second-order valence-electron chi connectivity index (χ2n) is 10.5. The highest BCUT2D eigenvalue weighted by molar-refractivity contribution is 7.19. The molecule has 0 radical (unpaired) electrons. The number of nitrogens with zero attached hydrogens (tertiary/aromatic N) is 3. The van der Waals surface area contributed by atoms with E-state index >= 15 is 0 Å². The van der Waals surface area contributed by atoms with Gasteiger partial charge in [-0.2, -0.15) is 13.2 Å². The molecule has 13 heteroatoms. The van der Waals surface area contributed by atoms with Gasteiger partial charge in [-0.1, -0.05) is 13.8 Å². The zero-order chi connectivity index (χ0) is 27.7. The Labute approximate surface area is 224 Å². The molecule has 1 aliphatic carbocycles. The van der Waals surface area contributed by atoms with Gasteiger partial charge in [0, 0.05) is 47.0 Å². The quantitative estimate of drug-likeness (QED) is 0.364. The van der Waals surface area contributed by atoms with Crippen molar-refractivity contribution in [3.63, 3.8) is 0 Å². The van der Waals surface area contributed by atoms with E-state index in [-0.39, 0.29) is 12.6 Å². The number of fused-ring (bicyclic) bond motifs is 2. The first-order valence-electron chi connectivity index (χ1n) is 12.5. The molecule has 206 valence electrons. The van der Waals surface area contributed by atoms with Gasteiger partial charge in [0.05, 0.1) is 41.9 Å². The van der Waals surface area contributed by atoms with Crippen LogP contribution < -0.4 is 5.32 Å². The van der Waals surface area contributed by atoms with Crippen molar-refractivity contribution in [2.24, 2.45) is 11.3 Å². The van der Waals surface area contributed by atoms with Gasteiger partial charge in [0.2, 0.25) is 11.5 Å². The molecule has 0 spiro atoms. The van der Waals surface area contributed by atoms with Crippen LogP contribution in [0, 0.1) is 11.3 Å². The Kier molecular flexibility index (Phi) is 5.90. The topological polar surface area (TPSA) is 103 Å². The molecule has 6 rings (SSSR count). The first kappa shape index (κ1) is 26.0. The Morgan fingerprint density at radius 3 is 2.82 bits per heavy atom. The fourth-order valence-corrected chi connectivity index (χ4v) is 6.97. The number of amides is 2. The third kappa shape index (κ3) is 3.97. The van der Waals surface area contributed by atoms with Crippen molar-refractivity contribution in [2.45, 2.75) is 44.8 Å². The molecule has 5 heterocycles. The highest BCUT2D eigenvalue weighted by atomic mass is 32.1. The lowest BCUT2D eigenvalue weighted by Crippen LogP contribution is -2.45. The molecular weight excluding hydrogens is 537 g/mol. The Balaban J connectivity index is 1.27. The van der Waals surface area contributed by atoms with Crippen molar-refractivity contribution in [1.29, 1.82) is 0 Å². The molecule has 3 aromatic rings. The lowest BCUT2D eigenvalue weighted by molar-refractivity contribution is -0.209. The number of hydrogen-bond acceptors (Lipinski definition) is 8. The number of morpholine rings is 1. The molecule has 3 atom stereocenters. The number of nitrogens with one attached hydrogen (secondary N) is 1. The highest BCUT2D eigenvalue weighted by Crippen LogP contribution is 2.69. The van der Waals surface area contributed by atoms with Crippen molar-refractivity contribution in [2.75, 3.05) is 19.7 Å². The van der Waals surface area contributed by atoms with E-state index in [9.17, 15) is 27.6 Å². The summed E-state index contributed by atoms with van der Waals surface area (Å²) in [4.78, 5) is 44.0. The molecule has 0 aromatic carbocycles. The van der Waals surface area contributed by atoms with Gasteiger partial charge in [-0.25, -0.2) is 4.79 Å². The second kappa shape index (κ2) is 8.86. The van der Waals surface area contributed by atoms with E-state index in [0.29, 0.717) is 23.5 Å². The molecule has 2 amide bonds. The maximum Gasteiger partial charge on any atom is 0.490 e. The van der Waals surface area contributed by atoms with Crippen LogP contribution in [0.15, 0.2) is 36.7 Å². The van der Waals surface area contributed by atoms with Gasteiger partial charge in [0.1, 0.15) is 0 Å². The lowest BCUT2D eigenvalue weighted by atomic mass is 10.0. The van der Waals surface area contributed by atoms with Gasteiger partial charge in [0.25, 0.3) is 5.91 Å². The molecule has 3 fully saturated rings. The predicted molar refractivity (Wildman–Crippen MR) is 133 cm³/mol. The smallest absolute Gasteiger partial charge is 0.441 e. The maximum absolute atomic E-state index is 13.3. The molecule has 3 aromatic heterocycles. The van der Waals surface area contributed by atoms with E-state index in [4.69, 9.17) is 9.47 Å². The molecule has 3 aliphatic rings. The number of ether oxygens (including phenoxy) is 2. The van der Waals surface area contributed by atoms with E-state index < -0.39 is 40.9 Å². The van der Waals surface area contributed by atoms with Crippen LogP contribution in [0.2, 0.25) is 0 Å². The zero-order valence-corrected chi connectivity index (χ0v) is 21.9. The van der Waals surface area contributed by atoms with Gasteiger partial charge < -0.3 is 19.4 Å². The lowest BCUT2D eigenvalue weighted by Gasteiger charge is -2.25. The van der Waals surface area contributed by atoms with E-state index in [1.54, 1.807) is 12.3 Å². The van der Waals surface area contributed by atoms with Crippen LogP contribution in [0.25, 0.3) is 21.5 Å². The number of hydrogen-bond donors (Lipinski definition) is 1. The second-order valence-corrected chi connectivity index (χ2v) is 11.7. The predicted octanol–water partition coefficient (Wildman–Crippen LogP) is 3.12. The summed E-state index contributed by atoms with van der Waals surface area (Å²) in [6.07, 6.45) is -1.59. The Morgan fingerprint density at radius 1 is 1.31 bits per heavy atom. The van der Waals surface area contributed by atoms with Crippen molar-refractivity contribution in [3.8, 4) is 11.3 Å².